The zero-order chi connectivity index (χ0) is 52.1. The maximum absolute atomic E-state index is 13.6. The Kier molecular flexibility index (Phi) is 13.5. The van der Waals surface area contributed by atoms with Crippen LogP contribution in [0.5, 0.6) is 0 Å². The first-order valence-corrected chi connectivity index (χ1v) is 29.9. The molecular formula is C67H63N3O3S3. The van der Waals surface area contributed by atoms with E-state index in [0.717, 1.165) is 51.2 Å². The van der Waals surface area contributed by atoms with E-state index in [9.17, 15) is 14.7 Å². The van der Waals surface area contributed by atoms with Crippen LogP contribution in [0.2, 0.25) is 0 Å². The van der Waals surface area contributed by atoms with E-state index in [2.05, 4.69) is 159 Å². The summed E-state index contributed by atoms with van der Waals surface area (Å²) in [6.45, 7) is 9.32. The van der Waals surface area contributed by atoms with Crippen molar-refractivity contribution in [2.24, 2.45) is 5.10 Å². The molecule has 3 aromatic heterocycles. The second-order valence-corrected chi connectivity index (χ2v) is 24.2. The lowest BCUT2D eigenvalue weighted by Gasteiger charge is -2.35. The number of thiophene rings is 3. The van der Waals surface area contributed by atoms with E-state index >= 15 is 0 Å². The van der Waals surface area contributed by atoms with E-state index in [1.54, 1.807) is 64.4 Å². The summed E-state index contributed by atoms with van der Waals surface area (Å²) in [5, 5.41) is 15.5. The number of hydrogen-bond donors (Lipinski definition) is 1. The average molecular weight is 1050 g/mol. The molecule has 0 saturated carbocycles. The minimum Gasteiger partial charge on any atom is -0.476 e. The van der Waals surface area contributed by atoms with Crippen LogP contribution in [0.25, 0.3) is 57.6 Å². The molecular weight excluding hydrogens is 991 g/mol. The van der Waals surface area contributed by atoms with E-state index in [1.807, 2.05) is 6.07 Å². The van der Waals surface area contributed by atoms with Gasteiger partial charge in [-0.15, -0.1) is 34.0 Å². The van der Waals surface area contributed by atoms with Crippen LogP contribution in [0.3, 0.4) is 0 Å². The van der Waals surface area contributed by atoms with Crippen LogP contribution >= 0.6 is 34.0 Å². The first-order chi connectivity index (χ1) is 37.2. The molecule has 0 atom stereocenters. The van der Waals surface area contributed by atoms with Crippen molar-refractivity contribution in [3.05, 3.63) is 184 Å². The van der Waals surface area contributed by atoms with Crippen molar-refractivity contribution in [3.63, 3.8) is 0 Å². The third kappa shape index (κ3) is 8.37. The Morgan fingerprint density at radius 2 is 1.04 bits per heavy atom. The molecule has 0 radical (unpaired) electrons. The van der Waals surface area contributed by atoms with Crippen LogP contribution in [0.15, 0.2) is 162 Å². The summed E-state index contributed by atoms with van der Waals surface area (Å²) < 4.78 is 4.68. The number of fused-ring (bicyclic) bond motifs is 9. The number of rotatable bonds is 19. The number of carboxylic acids is 1. The zero-order valence-corrected chi connectivity index (χ0v) is 46.3. The van der Waals surface area contributed by atoms with Crippen molar-refractivity contribution in [1.82, 2.24) is 0 Å². The van der Waals surface area contributed by atoms with Gasteiger partial charge in [0.2, 0.25) is 0 Å². The highest BCUT2D eigenvalue weighted by molar-refractivity contribution is 7.39. The van der Waals surface area contributed by atoms with E-state index in [1.165, 1.54) is 127 Å². The summed E-state index contributed by atoms with van der Waals surface area (Å²) in [6.07, 6.45) is 15.7. The minimum atomic E-state index is -1.23. The number of unbranched alkanes of at least 4 members (excludes halogenated alkanes) is 4. The van der Waals surface area contributed by atoms with Crippen molar-refractivity contribution >= 4 is 99.2 Å². The monoisotopic (exact) mass is 1050 g/mol. The van der Waals surface area contributed by atoms with Gasteiger partial charge in [-0.25, -0.2) is 4.79 Å². The highest BCUT2D eigenvalue weighted by Crippen LogP contribution is 2.58. The zero-order valence-electron chi connectivity index (χ0n) is 43.8. The lowest BCUT2D eigenvalue weighted by Crippen LogP contribution is -2.26. The Labute approximate surface area is 458 Å². The lowest BCUT2D eigenvalue weighted by molar-refractivity contribution is -0.129. The maximum atomic E-state index is 13.6. The summed E-state index contributed by atoms with van der Waals surface area (Å²) in [7, 11) is 0. The summed E-state index contributed by atoms with van der Waals surface area (Å²) in [5.74, 6) is -1.68. The molecule has 1 N–H and O–H groups in total. The van der Waals surface area contributed by atoms with Crippen molar-refractivity contribution in [1.29, 1.82) is 0 Å². The van der Waals surface area contributed by atoms with Crippen LogP contribution in [0, 0.1) is 0 Å². The Balaban J connectivity index is 0.948. The first-order valence-electron chi connectivity index (χ1n) is 27.5. The number of aliphatic carboxylic acids is 1. The molecule has 6 nitrogen and oxygen atoms in total. The number of hydrazone groups is 1. The average Bonchev–Trinajstić information content (AvgIpc) is 4.33. The van der Waals surface area contributed by atoms with Gasteiger partial charge in [0.05, 0.1) is 20.7 Å². The Morgan fingerprint density at radius 1 is 0.553 bits per heavy atom. The van der Waals surface area contributed by atoms with Gasteiger partial charge >= 0.3 is 5.97 Å². The highest BCUT2D eigenvalue weighted by atomic mass is 32.1. The first kappa shape index (κ1) is 49.9. The molecule has 1 amide bonds. The van der Waals surface area contributed by atoms with Crippen molar-refractivity contribution < 1.29 is 14.7 Å². The van der Waals surface area contributed by atoms with Gasteiger partial charge in [-0.1, -0.05) is 170 Å². The number of nitrogens with zero attached hydrogens (tertiary/aromatic N) is 3. The molecule has 6 aromatic carbocycles. The van der Waals surface area contributed by atoms with Crippen LogP contribution in [0.1, 0.15) is 132 Å². The summed E-state index contributed by atoms with van der Waals surface area (Å²) in [5.41, 5.74) is 16.4. The molecule has 76 heavy (non-hydrogen) atoms. The maximum Gasteiger partial charge on any atom is 0.357 e. The Morgan fingerprint density at radius 3 is 1.58 bits per heavy atom. The molecule has 0 unspecified atom stereocenters. The Bertz CT molecular complexity index is 3610. The van der Waals surface area contributed by atoms with Gasteiger partial charge < -0.3 is 10.0 Å². The van der Waals surface area contributed by atoms with E-state index in [0.29, 0.717) is 5.69 Å². The molecule has 1 aliphatic heterocycles. The molecule has 2 aliphatic carbocycles. The van der Waals surface area contributed by atoms with Crippen LogP contribution in [0.4, 0.5) is 22.7 Å². The number of carbonyl (C=O) groups is 2. The smallest absolute Gasteiger partial charge is 0.357 e. The third-order valence-electron chi connectivity index (χ3n) is 16.5. The number of hydrogen-bond acceptors (Lipinski definition) is 7. The number of para-hydroxylation sites is 1. The summed E-state index contributed by atoms with van der Waals surface area (Å²) in [6, 6.07) is 55.8. The van der Waals surface area contributed by atoms with Crippen molar-refractivity contribution in [3.8, 4) is 32.7 Å². The van der Waals surface area contributed by atoms with Gasteiger partial charge in [0.25, 0.3) is 5.91 Å². The predicted octanol–water partition coefficient (Wildman–Crippen LogP) is 19.5. The van der Waals surface area contributed by atoms with Crippen LogP contribution < -0.4 is 9.91 Å². The van der Waals surface area contributed by atoms with Gasteiger partial charge in [0.15, 0.2) is 5.71 Å². The molecule has 0 bridgehead atoms. The fourth-order valence-electron chi connectivity index (χ4n) is 12.8. The molecule has 4 heterocycles. The summed E-state index contributed by atoms with van der Waals surface area (Å²) >= 11 is 5.11. The van der Waals surface area contributed by atoms with Gasteiger partial charge in [0, 0.05) is 47.0 Å². The number of anilines is 4. The number of amides is 1. The minimum absolute atomic E-state index is 0.0384. The normalized spacial score (nSPS) is 15.4. The predicted molar refractivity (Wildman–Crippen MR) is 323 cm³/mol. The van der Waals surface area contributed by atoms with Crippen LogP contribution in [-0.2, 0) is 20.4 Å². The molecule has 0 spiro atoms. The van der Waals surface area contributed by atoms with Gasteiger partial charge in [-0.3, -0.25) is 4.79 Å². The molecule has 382 valence electrons. The van der Waals surface area contributed by atoms with Gasteiger partial charge in [-0.05, 0) is 142 Å². The fourth-order valence-corrected chi connectivity index (χ4v) is 16.8. The fraction of sp³-hybridized carbons (Fsp3) is 0.269. The molecule has 3 aliphatic rings. The van der Waals surface area contributed by atoms with E-state index < -0.39 is 11.9 Å². The van der Waals surface area contributed by atoms with Crippen LogP contribution in [-0.4, -0.2) is 22.7 Å². The second-order valence-electron chi connectivity index (χ2n) is 21.0. The Hall–Kier alpha value is -6.91. The molecule has 0 fully saturated rings. The quantitative estimate of drug-likeness (QED) is 0.0819. The molecule has 0 saturated heterocycles. The van der Waals surface area contributed by atoms with Crippen molar-refractivity contribution in [2.75, 3.05) is 9.91 Å². The molecule has 12 rings (SSSR count). The van der Waals surface area contributed by atoms with Crippen molar-refractivity contribution in [2.45, 2.75) is 116 Å². The van der Waals surface area contributed by atoms with Gasteiger partial charge in [-0.2, -0.15) is 10.1 Å². The summed E-state index contributed by atoms with van der Waals surface area (Å²) in [4.78, 5) is 30.5. The lowest BCUT2D eigenvalue weighted by atomic mass is 9.70. The number of carboxylic acid groups (broad SMARTS) is 1. The van der Waals surface area contributed by atoms with Gasteiger partial charge in [0.1, 0.15) is 0 Å². The SMILES string of the molecule is CCCCC1(CCCC)c2ccccc2-c2ccc(N(c3ccc(-c4cc5sc6cc(/C=C7\C(=O)N(c8ccccc8)N=C7C(=O)O)sc6c5s4)cc3)c3ccc4c(c3)C(CCCC)(CCCC)c3ccccc3-4)cc21. The largest absolute Gasteiger partial charge is 0.476 e. The molecule has 9 aromatic rings. The topological polar surface area (TPSA) is 73.2 Å². The van der Waals surface area contributed by atoms with E-state index in [4.69, 9.17) is 0 Å². The number of benzene rings is 6. The third-order valence-corrected chi connectivity index (χ3v) is 20.2. The van der Waals surface area contributed by atoms with E-state index in [-0.39, 0.29) is 22.1 Å². The second kappa shape index (κ2) is 20.6. The highest BCUT2D eigenvalue weighted by Gasteiger charge is 2.44. The standard InChI is InChI=1S/C67H63N3O3S3/c1-5-9-34-66(35-10-6-2)54-24-18-16-22-49(54)51-32-30-46(38-56(51)66)69(47-31-33-52-50-23-17-19-25-55(50)67(36-11-7-3,37-12-8-4)57(52)39-47)44-28-26-43(27-29-44)58-42-60-63(76-58)62-59(75-60)41-48(74-62)40-53-61(65(72)73)68-70(64(53)71)45-20-14-13-15-21-45/h13-33,38-42H,5-12,34-37H2,1-4H3,(H,72,73)/b53-40-. The molecule has 9 heteroatoms. The number of carbonyl (C=O) groups excluding carboxylic acids is 1.